The Morgan fingerprint density at radius 1 is 0.770 bits per heavy atom. The molecule has 0 aromatic heterocycles. The van der Waals surface area contributed by atoms with E-state index in [0.29, 0.717) is 75.2 Å². The highest BCUT2D eigenvalue weighted by Gasteiger charge is 2.40. The first-order valence-electron chi connectivity index (χ1n) is 21.3. The van der Waals surface area contributed by atoms with Gasteiger partial charge in [-0.15, -0.1) is 0 Å². The maximum Gasteiger partial charge on any atom is 0.315 e. The van der Waals surface area contributed by atoms with Gasteiger partial charge >= 0.3 is 12.1 Å². The number of aliphatic hydroxyl groups excluding tert-OH is 1. The second kappa shape index (κ2) is 25.4. The highest BCUT2D eigenvalue weighted by Crippen LogP contribution is 2.30. The number of aliphatic hydroxyl groups is 1. The van der Waals surface area contributed by atoms with E-state index in [2.05, 4.69) is 36.5 Å². The van der Waals surface area contributed by atoms with Crippen LogP contribution in [0.5, 0.6) is 11.5 Å². The van der Waals surface area contributed by atoms with Crippen LogP contribution < -0.4 is 41.9 Å². The van der Waals surface area contributed by atoms with Crippen molar-refractivity contribution >= 4 is 23.8 Å². The van der Waals surface area contributed by atoms with Crippen LogP contribution in [0.4, 0.5) is 9.59 Å². The number of hydrogen-bond acceptors (Lipinski definition) is 13. The number of carbonyl (C=O) groups excluding carboxylic acids is 4. The topological polar surface area (TPSA) is 221 Å². The van der Waals surface area contributed by atoms with Gasteiger partial charge in [0.15, 0.2) is 17.3 Å². The predicted molar refractivity (Wildman–Crippen MR) is 231 cm³/mol. The van der Waals surface area contributed by atoms with Crippen LogP contribution in [0.15, 0.2) is 48.5 Å². The maximum atomic E-state index is 14.7. The standard InChI is InChI=1S/C43H69N9O9/c1-29(2)38(47-42(56)45-14-16-50-18-22-60-23-19-50)40(54)36(37(44)32-10-8-7-9-11-32)33(53)28-52(27-31-12-13-34(58-5)35(26-31)59-6)49-41(55)39(30(3)4)48-43(57)46-15-17-51-20-24-61-25-21-51/h7-13,26,29-30,33,36-39,53H,14-25,27-28,44H2,1-6H3,(H,49,55)(H2,45,47,56)(H2,46,48,57)/t33-,36-,37?,38+,39+/m1/s1. The number of nitrogens with two attached hydrogens (primary N) is 1. The number of ether oxygens (including phenoxy) is 4. The van der Waals surface area contributed by atoms with E-state index in [4.69, 9.17) is 24.7 Å². The molecule has 8 N–H and O–H groups in total. The fourth-order valence-corrected chi connectivity index (χ4v) is 7.40. The number of nitrogens with one attached hydrogen (secondary N) is 5. The van der Waals surface area contributed by atoms with Crippen molar-refractivity contribution in [1.29, 1.82) is 0 Å². The number of ketones is 1. The molecule has 0 spiro atoms. The predicted octanol–water partition coefficient (Wildman–Crippen LogP) is 1.10. The molecular weight excluding hydrogens is 787 g/mol. The lowest BCUT2D eigenvalue weighted by Gasteiger charge is -2.35. The number of benzene rings is 2. The van der Waals surface area contributed by atoms with E-state index < -0.39 is 53.9 Å². The van der Waals surface area contributed by atoms with Gasteiger partial charge in [-0.3, -0.25) is 24.8 Å². The summed E-state index contributed by atoms with van der Waals surface area (Å²) in [5.74, 6) is -1.96. The summed E-state index contributed by atoms with van der Waals surface area (Å²) < 4.78 is 21.8. The Labute approximate surface area is 360 Å². The van der Waals surface area contributed by atoms with E-state index in [0.717, 1.165) is 26.2 Å². The first-order chi connectivity index (χ1) is 29.3. The fraction of sp³-hybridized carbons (Fsp3) is 0.628. The number of nitrogens with zero attached hydrogens (tertiary/aromatic N) is 3. The average Bonchev–Trinajstić information content (AvgIpc) is 3.25. The van der Waals surface area contributed by atoms with Crippen molar-refractivity contribution in [2.45, 2.75) is 58.5 Å². The molecule has 4 rings (SSSR count). The molecule has 0 bridgehead atoms. The first-order valence-corrected chi connectivity index (χ1v) is 21.3. The Balaban J connectivity index is 1.56. The molecule has 5 atom stereocenters. The molecule has 1 unspecified atom stereocenters. The van der Waals surface area contributed by atoms with Gasteiger partial charge in [0.05, 0.1) is 58.7 Å². The highest BCUT2D eigenvalue weighted by atomic mass is 16.5. The second-order valence-electron chi connectivity index (χ2n) is 16.1. The van der Waals surface area contributed by atoms with Gasteiger partial charge in [-0.25, -0.2) is 14.6 Å². The lowest BCUT2D eigenvalue weighted by molar-refractivity contribution is -0.133. The molecule has 2 fully saturated rings. The lowest BCUT2D eigenvalue weighted by Crippen LogP contribution is -2.59. The number of amides is 5. The zero-order valence-corrected chi connectivity index (χ0v) is 36.7. The van der Waals surface area contributed by atoms with Crippen molar-refractivity contribution in [1.82, 2.24) is 41.5 Å². The molecule has 0 saturated carbocycles. The third-order valence-corrected chi connectivity index (χ3v) is 10.9. The summed E-state index contributed by atoms with van der Waals surface area (Å²) in [6.07, 6.45) is -1.45. The number of hydrazine groups is 1. The molecule has 2 aromatic rings. The SMILES string of the molecule is COc1ccc(CN(C[C@@H](O)[C@@H](C(=O)[C@@H](NC(=O)NCCN2CCOCC2)C(C)C)C(N)c2ccccc2)NC(=O)[C@@H](NC(=O)NCCN2CCOCC2)C(C)C)cc1OC. The van der Waals surface area contributed by atoms with Crippen LogP contribution in [0.25, 0.3) is 0 Å². The third kappa shape index (κ3) is 15.7. The monoisotopic (exact) mass is 856 g/mol. The number of rotatable bonds is 23. The van der Waals surface area contributed by atoms with Crippen LogP contribution in [-0.4, -0.2) is 161 Å². The molecule has 0 aliphatic carbocycles. The van der Waals surface area contributed by atoms with E-state index in [1.54, 1.807) is 42.5 Å². The Kier molecular flexibility index (Phi) is 20.4. The quantitative estimate of drug-likeness (QED) is 0.0780. The van der Waals surface area contributed by atoms with Gasteiger partial charge in [-0.1, -0.05) is 64.1 Å². The summed E-state index contributed by atoms with van der Waals surface area (Å²) >= 11 is 0. The van der Waals surface area contributed by atoms with Crippen molar-refractivity contribution in [2.24, 2.45) is 23.5 Å². The highest BCUT2D eigenvalue weighted by molar-refractivity contribution is 5.91. The van der Waals surface area contributed by atoms with E-state index >= 15 is 0 Å². The van der Waals surface area contributed by atoms with Gasteiger partial charge in [0.2, 0.25) is 0 Å². The zero-order valence-electron chi connectivity index (χ0n) is 36.7. The third-order valence-electron chi connectivity index (χ3n) is 10.9. The van der Waals surface area contributed by atoms with Gasteiger partial charge in [0.1, 0.15) is 6.04 Å². The van der Waals surface area contributed by atoms with Crippen molar-refractivity contribution < 1.29 is 43.2 Å². The molecule has 2 aliphatic heterocycles. The molecule has 18 heteroatoms. The van der Waals surface area contributed by atoms with E-state index in [-0.39, 0.29) is 24.9 Å². The largest absolute Gasteiger partial charge is 0.493 e. The second-order valence-corrected chi connectivity index (χ2v) is 16.1. The molecule has 61 heavy (non-hydrogen) atoms. The van der Waals surface area contributed by atoms with E-state index in [1.165, 1.54) is 19.2 Å². The summed E-state index contributed by atoms with van der Waals surface area (Å²) in [7, 11) is 3.04. The normalized spacial score (nSPS) is 17.5. The minimum atomic E-state index is -1.45. The number of hydrogen-bond donors (Lipinski definition) is 7. The van der Waals surface area contributed by atoms with Crippen LogP contribution in [-0.2, 0) is 25.6 Å². The van der Waals surface area contributed by atoms with E-state index in [1.807, 2.05) is 33.8 Å². The molecule has 2 heterocycles. The molecule has 18 nitrogen and oxygen atoms in total. The van der Waals surface area contributed by atoms with Crippen molar-refractivity contribution in [2.75, 3.05) is 99.5 Å². The van der Waals surface area contributed by atoms with Crippen molar-refractivity contribution in [3.8, 4) is 11.5 Å². The van der Waals surface area contributed by atoms with Gasteiger partial charge in [-0.2, -0.15) is 0 Å². The Hall–Kier alpha value is -4.56. The summed E-state index contributed by atoms with van der Waals surface area (Å²) in [6.45, 7) is 14.8. The average molecular weight is 856 g/mol. The summed E-state index contributed by atoms with van der Waals surface area (Å²) in [5, 5.41) is 25.1. The van der Waals surface area contributed by atoms with Gasteiger partial charge in [-0.05, 0) is 35.1 Å². The lowest BCUT2D eigenvalue weighted by atomic mass is 9.80. The van der Waals surface area contributed by atoms with Gasteiger partial charge in [0.25, 0.3) is 5.91 Å². The molecule has 2 saturated heterocycles. The molecule has 0 radical (unpaired) electrons. The maximum absolute atomic E-state index is 14.7. The number of methoxy groups -OCH3 is 2. The number of Topliss-reactive ketones (excluding diaryl/α,β-unsaturated/α-hetero) is 1. The van der Waals surface area contributed by atoms with Crippen molar-refractivity contribution in [3.63, 3.8) is 0 Å². The number of urea groups is 2. The molecule has 5 amide bonds. The molecule has 2 aromatic carbocycles. The molecule has 2 aliphatic rings. The summed E-state index contributed by atoms with van der Waals surface area (Å²) in [6, 6.07) is 10.3. The number of morpholine rings is 2. The smallest absolute Gasteiger partial charge is 0.315 e. The zero-order chi connectivity index (χ0) is 44.3. The van der Waals surface area contributed by atoms with Crippen LogP contribution in [0.1, 0.15) is 44.9 Å². The van der Waals surface area contributed by atoms with Crippen molar-refractivity contribution in [3.05, 3.63) is 59.7 Å². The number of carbonyl (C=O) groups is 4. The Morgan fingerprint density at radius 3 is 1.80 bits per heavy atom. The summed E-state index contributed by atoms with van der Waals surface area (Å²) in [4.78, 5) is 59.5. The van der Waals surface area contributed by atoms with E-state index in [9.17, 15) is 24.3 Å². The summed E-state index contributed by atoms with van der Waals surface area (Å²) in [5.41, 5.74) is 11.1. The minimum absolute atomic E-state index is 0.0542. The van der Waals surface area contributed by atoms with Gasteiger partial charge < -0.3 is 51.1 Å². The molecule has 340 valence electrons. The Bertz CT molecular complexity index is 1660. The fourth-order valence-electron chi connectivity index (χ4n) is 7.40. The first kappa shape index (κ1) is 49.1. The van der Waals surface area contributed by atoms with Crippen LogP contribution in [0, 0.1) is 17.8 Å². The van der Waals surface area contributed by atoms with Crippen LogP contribution >= 0.6 is 0 Å². The molecular formula is C43H69N9O9. The minimum Gasteiger partial charge on any atom is -0.493 e. The van der Waals surface area contributed by atoms with Crippen LogP contribution in [0.3, 0.4) is 0 Å². The van der Waals surface area contributed by atoms with Crippen LogP contribution in [0.2, 0.25) is 0 Å². The Morgan fingerprint density at radius 2 is 1.30 bits per heavy atom. The van der Waals surface area contributed by atoms with Gasteiger partial charge in [0, 0.05) is 71.5 Å².